The number of phosphoric ester groups is 1. The molecular weight excluding hydrogens is 801 g/mol. The Morgan fingerprint density at radius 3 is 1.77 bits per heavy atom. The van der Waals surface area contributed by atoms with Crippen LogP contribution in [0.25, 0.3) is 11.2 Å². The lowest BCUT2D eigenvalue weighted by atomic mass is 10.0. The standard InChI is InChI=1S/C45H80N5O10P/c1-3-5-7-9-11-13-15-17-19-21-23-25-27-29-40(52)56-32-38(59-41(53)30-28-26-24-22-20-18-16-14-12-10-8-6-4-2)34-58-61(54,55)57-33-37-31-39(51)45(60-37)50-36-49-42-43(46)47-35-48-44(42)50/h35-39,45,51H,3-34H2,1-2H3,(H,54,55)(H2,46,47,48)/p-1/t37-,38-,39+,45+/m0/s1. The molecule has 5 atom stereocenters. The highest BCUT2D eigenvalue weighted by Gasteiger charge is 2.37. The molecule has 0 radical (unpaired) electrons. The van der Waals surface area contributed by atoms with Gasteiger partial charge in [-0.25, -0.2) is 15.0 Å². The van der Waals surface area contributed by atoms with E-state index in [1.54, 1.807) is 0 Å². The zero-order valence-corrected chi connectivity index (χ0v) is 38.4. The average molecular weight is 881 g/mol. The predicted octanol–water partition coefficient (Wildman–Crippen LogP) is 9.98. The first-order chi connectivity index (χ1) is 29.6. The summed E-state index contributed by atoms with van der Waals surface area (Å²) in [6.07, 6.45) is 30.2. The summed E-state index contributed by atoms with van der Waals surface area (Å²) >= 11 is 0. The molecule has 1 unspecified atom stereocenters. The van der Waals surface area contributed by atoms with Gasteiger partial charge in [-0.05, 0) is 12.8 Å². The number of hydrogen-bond donors (Lipinski definition) is 2. The molecule has 3 heterocycles. The number of aliphatic hydroxyl groups is 1. The van der Waals surface area contributed by atoms with Crippen molar-refractivity contribution in [2.24, 2.45) is 0 Å². The summed E-state index contributed by atoms with van der Waals surface area (Å²) in [4.78, 5) is 50.6. The molecule has 61 heavy (non-hydrogen) atoms. The van der Waals surface area contributed by atoms with Crippen LogP contribution in [-0.4, -0.2) is 74.7 Å². The van der Waals surface area contributed by atoms with Crippen molar-refractivity contribution < 1.29 is 47.4 Å². The molecule has 0 aliphatic carbocycles. The Morgan fingerprint density at radius 2 is 1.25 bits per heavy atom. The van der Waals surface area contributed by atoms with E-state index in [4.69, 9.17) is 29.0 Å². The minimum absolute atomic E-state index is 0.0690. The molecular formula is C45H79N5O10P-. The van der Waals surface area contributed by atoms with Gasteiger partial charge in [0.05, 0.1) is 25.6 Å². The highest BCUT2D eigenvalue weighted by atomic mass is 31.2. The fraction of sp³-hybridized carbons (Fsp3) is 0.844. The van der Waals surface area contributed by atoms with E-state index >= 15 is 0 Å². The number of unbranched alkanes of at least 4 members (excludes halogenated alkanes) is 24. The number of carbonyl (C=O) groups is 2. The van der Waals surface area contributed by atoms with E-state index in [9.17, 15) is 24.2 Å². The Kier molecular flexibility index (Phi) is 27.7. The van der Waals surface area contributed by atoms with Crippen molar-refractivity contribution in [3.8, 4) is 0 Å². The largest absolute Gasteiger partial charge is 0.756 e. The number of phosphoric acid groups is 1. The molecule has 2 aromatic heterocycles. The number of anilines is 1. The second-order valence-corrected chi connectivity index (χ2v) is 18.3. The Bertz CT molecular complexity index is 1520. The Hall–Kier alpha value is -2.68. The van der Waals surface area contributed by atoms with Gasteiger partial charge in [-0.1, -0.05) is 168 Å². The van der Waals surface area contributed by atoms with Crippen LogP contribution < -0.4 is 10.6 Å². The van der Waals surface area contributed by atoms with Crippen LogP contribution in [0.2, 0.25) is 0 Å². The maximum absolute atomic E-state index is 12.8. The first-order valence-corrected chi connectivity index (χ1v) is 25.3. The minimum atomic E-state index is -4.93. The van der Waals surface area contributed by atoms with Crippen molar-refractivity contribution in [2.75, 3.05) is 25.6 Å². The summed E-state index contributed by atoms with van der Waals surface area (Å²) in [6.45, 7) is 3.12. The van der Waals surface area contributed by atoms with E-state index < -0.39 is 57.5 Å². The van der Waals surface area contributed by atoms with Gasteiger partial charge in [-0.3, -0.25) is 18.7 Å². The number of nitrogens with two attached hydrogens (primary N) is 1. The molecule has 2 aromatic rings. The molecule has 0 amide bonds. The molecule has 350 valence electrons. The molecule has 1 aliphatic heterocycles. The SMILES string of the molecule is CCCCCCCCCCCCCCCC(=O)OC[C@@H](COP(=O)([O-])OC[C@@H]1C[C@@H](O)[C@H](n2cnc3c(N)ncnc32)O1)OC(=O)CCCCCCCCCCCCCCC. The summed E-state index contributed by atoms with van der Waals surface area (Å²) in [7, 11) is -4.93. The number of rotatable bonds is 38. The lowest BCUT2D eigenvalue weighted by molar-refractivity contribution is -0.230. The van der Waals surface area contributed by atoms with E-state index in [2.05, 4.69) is 28.8 Å². The topological polar surface area (TPSA) is 210 Å². The highest BCUT2D eigenvalue weighted by Crippen LogP contribution is 2.41. The summed E-state index contributed by atoms with van der Waals surface area (Å²) < 4.78 is 41.5. The normalized spacial score (nSPS) is 18.1. The number of carbonyl (C=O) groups excluding carboxylic acids is 2. The lowest BCUT2D eigenvalue weighted by Gasteiger charge is -2.26. The Balaban J connectivity index is 1.37. The van der Waals surface area contributed by atoms with Crippen LogP contribution in [0, 0.1) is 0 Å². The van der Waals surface area contributed by atoms with Crippen LogP contribution in [0.15, 0.2) is 12.7 Å². The third-order valence-electron chi connectivity index (χ3n) is 11.4. The molecule has 0 aromatic carbocycles. The molecule has 0 spiro atoms. The van der Waals surface area contributed by atoms with E-state index in [1.165, 1.54) is 133 Å². The van der Waals surface area contributed by atoms with Gasteiger partial charge < -0.3 is 39.0 Å². The third kappa shape index (κ3) is 23.0. The van der Waals surface area contributed by atoms with Gasteiger partial charge in [0.2, 0.25) is 0 Å². The van der Waals surface area contributed by atoms with Gasteiger partial charge in [-0.15, -0.1) is 0 Å². The van der Waals surface area contributed by atoms with Gasteiger partial charge >= 0.3 is 11.9 Å². The highest BCUT2D eigenvalue weighted by molar-refractivity contribution is 7.45. The average Bonchev–Trinajstić information content (AvgIpc) is 3.85. The van der Waals surface area contributed by atoms with Crippen molar-refractivity contribution in [1.29, 1.82) is 0 Å². The van der Waals surface area contributed by atoms with Gasteiger partial charge in [0, 0.05) is 19.3 Å². The van der Waals surface area contributed by atoms with Crippen LogP contribution in [0.1, 0.15) is 206 Å². The molecule has 3 N–H and O–H groups in total. The second kappa shape index (κ2) is 32.0. The first-order valence-electron chi connectivity index (χ1n) is 23.8. The minimum Gasteiger partial charge on any atom is -0.756 e. The van der Waals surface area contributed by atoms with Crippen molar-refractivity contribution in [1.82, 2.24) is 19.5 Å². The van der Waals surface area contributed by atoms with E-state index in [1.807, 2.05) is 0 Å². The molecule has 1 fully saturated rings. The third-order valence-corrected chi connectivity index (χ3v) is 12.3. The predicted molar refractivity (Wildman–Crippen MR) is 235 cm³/mol. The molecule has 1 saturated heterocycles. The van der Waals surface area contributed by atoms with Crippen LogP contribution >= 0.6 is 7.82 Å². The number of nitrogens with zero attached hydrogens (tertiary/aromatic N) is 4. The summed E-state index contributed by atoms with van der Waals surface area (Å²) in [6, 6.07) is 0. The number of aromatic nitrogens is 4. The number of imidazole rings is 1. The van der Waals surface area contributed by atoms with Crippen LogP contribution in [0.3, 0.4) is 0 Å². The van der Waals surface area contributed by atoms with E-state index in [0.717, 1.165) is 38.5 Å². The number of fused-ring (bicyclic) bond motifs is 1. The van der Waals surface area contributed by atoms with Crippen molar-refractivity contribution in [3.63, 3.8) is 0 Å². The fourth-order valence-corrected chi connectivity index (χ4v) is 8.50. The summed E-state index contributed by atoms with van der Waals surface area (Å²) in [5.41, 5.74) is 6.58. The van der Waals surface area contributed by atoms with Crippen LogP contribution in [0.4, 0.5) is 5.82 Å². The zero-order valence-electron chi connectivity index (χ0n) is 37.5. The van der Waals surface area contributed by atoms with E-state index in [-0.39, 0.29) is 31.7 Å². The van der Waals surface area contributed by atoms with Gasteiger partial charge in [0.15, 0.2) is 23.8 Å². The van der Waals surface area contributed by atoms with E-state index in [0.29, 0.717) is 24.0 Å². The van der Waals surface area contributed by atoms with Gasteiger partial charge in [0.25, 0.3) is 7.82 Å². The smallest absolute Gasteiger partial charge is 0.306 e. The lowest BCUT2D eigenvalue weighted by Crippen LogP contribution is -2.30. The van der Waals surface area contributed by atoms with Gasteiger partial charge in [-0.2, -0.15) is 0 Å². The van der Waals surface area contributed by atoms with Crippen molar-refractivity contribution >= 4 is 36.7 Å². The van der Waals surface area contributed by atoms with Crippen molar-refractivity contribution in [2.45, 2.75) is 225 Å². The summed E-state index contributed by atoms with van der Waals surface area (Å²) in [5, 5.41) is 10.7. The monoisotopic (exact) mass is 881 g/mol. The number of ether oxygens (including phenoxy) is 3. The van der Waals surface area contributed by atoms with Gasteiger partial charge in [0.1, 0.15) is 24.6 Å². The molecule has 3 rings (SSSR count). The van der Waals surface area contributed by atoms with Crippen LogP contribution in [-0.2, 0) is 37.4 Å². The molecule has 1 aliphatic rings. The molecule has 15 nitrogen and oxygen atoms in total. The Morgan fingerprint density at radius 1 is 0.754 bits per heavy atom. The first kappa shape index (κ1) is 52.7. The number of nitrogen functional groups attached to an aromatic ring is 1. The summed E-state index contributed by atoms with van der Waals surface area (Å²) in [5.74, 6) is -0.772. The molecule has 16 heteroatoms. The Labute approximate surface area is 365 Å². The number of hydrogen-bond acceptors (Lipinski definition) is 14. The maximum atomic E-state index is 12.8. The van der Waals surface area contributed by atoms with Crippen molar-refractivity contribution in [3.05, 3.63) is 12.7 Å². The zero-order chi connectivity index (χ0) is 44.0. The maximum Gasteiger partial charge on any atom is 0.306 e. The quantitative estimate of drug-likeness (QED) is 0.0365. The fourth-order valence-electron chi connectivity index (χ4n) is 7.72. The number of aliphatic hydroxyl groups excluding tert-OH is 1. The molecule has 0 bridgehead atoms. The molecule has 0 saturated carbocycles. The number of esters is 2. The second-order valence-electron chi connectivity index (χ2n) is 16.9. The van der Waals surface area contributed by atoms with Crippen LogP contribution in [0.5, 0.6) is 0 Å².